The van der Waals surface area contributed by atoms with Gasteiger partial charge in [-0.3, -0.25) is 4.79 Å². The molecule has 0 N–H and O–H groups in total. The quantitative estimate of drug-likeness (QED) is 0.225. The summed E-state index contributed by atoms with van der Waals surface area (Å²) in [4.78, 5) is 11.1. The van der Waals surface area contributed by atoms with Gasteiger partial charge in [0.25, 0.3) is 0 Å². The van der Waals surface area contributed by atoms with Gasteiger partial charge >= 0.3 is 0 Å². The molecule has 0 aliphatic rings. The average molecular weight is 319 g/mol. The number of alkyl halides is 1. The summed E-state index contributed by atoms with van der Waals surface area (Å²) < 4.78 is 10.7. The highest BCUT2D eigenvalue weighted by Crippen LogP contribution is 2.08. The first-order valence-electron chi connectivity index (χ1n) is 8.15. The van der Waals surface area contributed by atoms with Crippen molar-refractivity contribution in [3.05, 3.63) is 12.7 Å². The van der Waals surface area contributed by atoms with Crippen LogP contribution < -0.4 is 0 Å². The fraction of sp³-hybridized carbons (Fsp3) is 0.824. The van der Waals surface area contributed by atoms with E-state index in [9.17, 15) is 4.79 Å². The number of unbranched alkanes of at least 4 members (excludes halogenated alkanes) is 7. The van der Waals surface area contributed by atoms with Crippen LogP contribution in [0.1, 0.15) is 57.8 Å². The van der Waals surface area contributed by atoms with Gasteiger partial charge in [-0.15, -0.1) is 18.2 Å². The van der Waals surface area contributed by atoms with Gasteiger partial charge in [0.05, 0.1) is 13.2 Å². The van der Waals surface area contributed by atoms with Gasteiger partial charge in [-0.2, -0.15) is 0 Å². The van der Waals surface area contributed by atoms with E-state index in [1.54, 1.807) is 0 Å². The molecule has 0 aromatic rings. The van der Waals surface area contributed by atoms with E-state index in [4.69, 9.17) is 21.1 Å². The number of ketones is 1. The molecule has 0 fully saturated rings. The molecule has 0 aromatic heterocycles. The zero-order valence-corrected chi connectivity index (χ0v) is 14.0. The Bertz CT molecular complexity index is 244. The standard InChI is InChI=1S/C17H31ClO3/c1-2-3-4-5-6-7-8-9-10-13-20-14-15-21-16-17(19)11-12-18/h2H,1,3-16H2. The summed E-state index contributed by atoms with van der Waals surface area (Å²) in [6.07, 6.45) is 12.4. The molecule has 0 aromatic carbocycles. The van der Waals surface area contributed by atoms with Crippen molar-refractivity contribution in [2.24, 2.45) is 0 Å². The van der Waals surface area contributed by atoms with E-state index in [1.165, 1.54) is 38.5 Å². The summed E-state index contributed by atoms with van der Waals surface area (Å²) in [5.74, 6) is 0.422. The van der Waals surface area contributed by atoms with Crippen molar-refractivity contribution >= 4 is 17.4 Å². The van der Waals surface area contributed by atoms with Crippen molar-refractivity contribution < 1.29 is 14.3 Å². The number of hydrogen-bond donors (Lipinski definition) is 0. The summed E-state index contributed by atoms with van der Waals surface area (Å²) in [6.45, 7) is 5.72. The number of carbonyl (C=O) groups is 1. The lowest BCUT2D eigenvalue weighted by molar-refractivity contribution is -0.123. The predicted molar refractivity (Wildman–Crippen MR) is 89.1 cm³/mol. The van der Waals surface area contributed by atoms with Crippen LogP contribution in [-0.4, -0.2) is 38.1 Å². The summed E-state index contributed by atoms with van der Waals surface area (Å²) in [5, 5.41) is 0. The number of hydrogen-bond acceptors (Lipinski definition) is 3. The lowest BCUT2D eigenvalue weighted by Crippen LogP contribution is -2.12. The highest BCUT2D eigenvalue weighted by atomic mass is 35.5. The van der Waals surface area contributed by atoms with E-state index in [-0.39, 0.29) is 12.4 Å². The Morgan fingerprint density at radius 1 is 0.905 bits per heavy atom. The molecule has 0 rings (SSSR count). The maximum Gasteiger partial charge on any atom is 0.159 e. The van der Waals surface area contributed by atoms with Gasteiger partial charge in [0.15, 0.2) is 5.78 Å². The third-order valence-corrected chi connectivity index (χ3v) is 3.39. The van der Waals surface area contributed by atoms with Gasteiger partial charge in [-0.05, 0) is 19.3 Å². The van der Waals surface area contributed by atoms with E-state index in [2.05, 4.69) is 6.58 Å². The highest BCUT2D eigenvalue weighted by molar-refractivity contribution is 6.19. The average Bonchev–Trinajstić information content (AvgIpc) is 2.48. The molecule has 124 valence electrons. The minimum atomic E-state index is 0.0538. The Labute approximate surface area is 135 Å². The summed E-state index contributed by atoms with van der Waals surface area (Å²) in [5.41, 5.74) is 0. The zero-order chi connectivity index (χ0) is 15.6. The minimum Gasteiger partial charge on any atom is -0.379 e. The monoisotopic (exact) mass is 318 g/mol. The van der Waals surface area contributed by atoms with Crippen LogP contribution in [0.4, 0.5) is 0 Å². The second-order valence-corrected chi connectivity index (χ2v) is 5.57. The molecule has 0 heterocycles. The van der Waals surface area contributed by atoms with Crippen LogP contribution in [0.5, 0.6) is 0 Å². The first-order valence-corrected chi connectivity index (χ1v) is 8.68. The molecule has 0 amide bonds. The SMILES string of the molecule is C=CCCCCCCCCCOCCOCC(=O)CCCl. The molecule has 0 saturated carbocycles. The largest absolute Gasteiger partial charge is 0.379 e. The lowest BCUT2D eigenvalue weighted by Gasteiger charge is -2.05. The van der Waals surface area contributed by atoms with E-state index >= 15 is 0 Å². The molecule has 0 atom stereocenters. The fourth-order valence-electron chi connectivity index (χ4n) is 1.96. The number of carbonyl (C=O) groups excluding carboxylic acids is 1. The summed E-state index contributed by atoms with van der Waals surface area (Å²) in [7, 11) is 0. The maximum absolute atomic E-state index is 11.1. The van der Waals surface area contributed by atoms with Crippen molar-refractivity contribution in [1.29, 1.82) is 0 Å². The maximum atomic E-state index is 11.1. The van der Waals surface area contributed by atoms with Crippen LogP contribution in [-0.2, 0) is 14.3 Å². The molecular weight excluding hydrogens is 288 g/mol. The van der Waals surface area contributed by atoms with Gasteiger partial charge in [-0.25, -0.2) is 0 Å². The zero-order valence-electron chi connectivity index (χ0n) is 13.3. The lowest BCUT2D eigenvalue weighted by atomic mass is 10.1. The number of halogens is 1. The van der Waals surface area contributed by atoms with Crippen LogP contribution in [0.15, 0.2) is 12.7 Å². The van der Waals surface area contributed by atoms with E-state index < -0.39 is 0 Å². The van der Waals surface area contributed by atoms with Crippen molar-refractivity contribution in [2.75, 3.05) is 32.3 Å². The second-order valence-electron chi connectivity index (χ2n) is 5.19. The van der Waals surface area contributed by atoms with Crippen molar-refractivity contribution in [3.63, 3.8) is 0 Å². The van der Waals surface area contributed by atoms with Crippen LogP contribution >= 0.6 is 11.6 Å². The molecule has 0 radical (unpaired) electrons. The Morgan fingerprint density at radius 3 is 2.19 bits per heavy atom. The van der Waals surface area contributed by atoms with Crippen molar-refractivity contribution in [2.45, 2.75) is 57.8 Å². The molecule has 0 spiro atoms. The van der Waals surface area contributed by atoms with Gasteiger partial charge in [0.2, 0.25) is 0 Å². The minimum absolute atomic E-state index is 0.0538. The normalized spacial score (nSPS) is 10.7. The topological polar surface area (TPSA) is 35.5 Å². The number of allylic oxidation sites excluding steroid dienone is 1. The van der Waals surface area contributed by atoms with Crippen LogP contribution in [0.25, 0.3) is 0 Å². The molecule has 0 aliphatic carbocycles. The van der Waals surface area contributed by atoms with E-state index in [0.717, 1.165) is 19.4 Å². The van der Waals surface area contributed by atoms with Crippen LogP contribution in [0.2, 0.25) is 0 Å². The summed E-state index contributed by atoms with van der Waals surface area (Å²) in [6, 6.07) is 0. The Kier molecular flexibility index (Phi) is 17.4. The molecule has 4 heteroatoms. The first-order chi connectivity index (χ1) is 10.3. The number of rotatable bonds is 17. The van der Waals surface area contributed by atoms with Crippen molar-refractivity contribution in [3.8, 4) is 0 Å². The van der Waals surface area contributed by atoms with Gasteiger partial charge in [0.1, 0.15) is 6.61 Å². The molecular formula is C17H31ClO3. The Balaban J connectivity index is 3.02. The highest BCUT2D eigenvalue weighted by Gasteiger charge is 2.00. The first kappa shape index (κ1) is 20.6. The molecule has 21 heavy (non-hydrogen) atoms. The van der Waals surface area contributed by atoms with Gasteiger partial charge in [0, 0.05) is 18.9 Å². The smallest absolute Gasteiger partial charge is 0.159 e. The van der Waals surface area contributed by atoms with Gasteiger partial charge in [-0.1, -0.05) is 38.2 Å². The number of Topliss-reactive ketones (excluding diaryl/α,β-unsaturated/α-hetero) is 1. The van der Waals surface area contributed by atoms with Crippen LogP contribution in [0, 0.1) is 0 Å². The Hall–Kier alpha value is -0.380. The molecule has 0 saturated heterocycles. The molecule has 0 unspecified atom stereocenters. The third-order valence-electron chi connectivity index (χ3n) is 3.21. The molecule has 0 aliphatic heterocycles. The second kappa shape index (κ2) is 17.7. The van der Waals surface area contributed by atoms with Crippen LogP contribution in [0.3, 0.4) is 0 Å². The van der Waals surface area contributed by atoms with E-state index in [1.807, 2.05) is 6.08 Å². The van der Waals surface area contributed by atoms with Crippen molar-refractivity contribution in [1.82, 2.24) is 0 Å². The summed E-state index contributed by atoms with van der Waals surface area (Å²) >= 11 is 5.46. The fourth-order valence-corrected chi connectivity index (χ4v) is 2.17. The Morgan fingerprint density at radius 2 is 1.52 bits per heavy atom. The van der Waals surface area contributed by atoms with E-state index in [0.29, 0.717) is 25.5 Å². The predicted octanol–water partition coefficient (Wildman–Crippen LogP) is 4.52. The third kappa shape index (κ3) is 17.6. The molecule has 3 nitrogen and oxygen atoms in total. The van der Waals surface area contributed by atoms with Gasteiger partial charge < -0.3 is 9.47 Å². The molecule has 0 bridgehead atoms. The number of ether oxygens (including phenoxy) is 2.